The van der Waals surface area contributed by atoms with Crippen LogP contribution in [0.2, 0.25) is 0 Å². The van der Waals surface area contributed by atoms with Gasteiger partial charge in [0.2, 0.25) is 10.0 Å². The van der Waals surface area contributed by atoms with E-state index >= 15 is 0 Å². The smallest absolute Gasteiger partial charge is 0.243 e. The molecule has 1 aromatic rings. The van der Waals surface area contributed by atoms with Crippen LogP contribution in [-0.4, -0.2) is 32.4 Å². The fourth-order valence-electron chi connectivity index (χ4n) is 2.58. The molecule has 1 saturated heterocycles. The van der Waals surface area contributed by atoms with Gasteiger partial charge in [0.25, 0.3) is 0 Å². The summed E-state index contributed by atoms with van der Waals surface area (Å²) in [5.74, 6) is 0.714. The van der Waals surface area contributed by atoms with Crippen molar-refractivity contribution in [2.75, 3.05) is 13.7 Å². The molecule has 1 aliphatic rings. The topological polar surface area (TPSA) is 46.6 Å². The third kappa shape index (κ3) is 2.77. The number of sulfonamides is 1. The molecule has 1 fully saturated rings. The van der Waals surface area contributed by atoms with Gasteiger partial charge in [-0.15, -0.1) is 0 Å². The first-order valence-corrected chi connectivity index (χ1v) is 8.07. The van der Waals surface area contributed by atoms with Crippen LogP contribution < -0.4 is 4.74 Å². The molecule has 0 spiro atoms. The van der Waals surface area contributed by atoms with Crippen molar-refractivity contribution in [3.8, 4) is 5.75 Å². The van der Waals surface area contributed by atoms with Crippen LogP contribution in [0.25, 0.3) is 0 Å². The first-order valence-electron chi connectivity index (χ1n) is 6.63. The maximum atomic E-state index is 12.6. The Kier molecular flexibility index (Phi) is 4.16. The van der Waals surface area contributed by atoms with E-state index in [1.54, 1.807) is 29.6 Å². The SMILES string of the molecule is COc1ccc(S(=O)(=O)N2CCCC[C@@H]2C)cc1C. The lowest BCUT2D eigenvalue weighted by Gasteiger charge is -2.32. The van der Waals surface area contributed by atoms with E-state index in [9.17, 15) is 8.42 Å². The second-order valence-electron chi connectivity index (χ2n) is 5.09. The molecule has 1 aromatic carbocycles. The van der Waals surface area contributed by atoms with E-state index in [4.69, 9.17) is 4.74 Å². The van der Waals surface area contributed by atoms with E-state index in [-0.39, 0.29) is 6.04 Å². The number of ether oxygens (including phenoxy) is 1. The number of hydrogen-bond acceptors (Lipinski definition) is 3. The lowest BCUT2D eigenvalue weighted by atomic mass is 10.1. The monoisotopic (exact) mass is 283 g/mol. The highest BCUT2D eigenvalue weighted by Gasteiger charge is 2.31. The summed E-state index contributed by atoms with van der Waals surface area (Å²) in [4.78, 5) is 0.361. The predicted octanol–water partition coefficient (Wildman–Crippen LogP) is 2.57. The molecule has 0 aliphatic carbocycles. The fourth-order valence-corrected chi connectivity index (χ4v) is 4.36. The lowest BCUT2D eigenvalue weighted by Crippen LogP contribution is -2.41. The highest BCUT2D eigenvalue weighted by Crippen LogP contribution is 2.27. The zero-order chi connectivity index (χ0) is 14.0. The Morgan fingerprint density at radius 3 is 2.63 bits per heavy atom. The zero-order valence-electron chi connectivity index (χ0n) is 11.7. The van der Waals surface area contributed by atoms with Crippen LogP contribution in [0.5, 0.6) is 5.75 Å². The molecule has 0 aromatic heterocycles. The van der Waals surface area contributed by atoms with Gasteiger partial charge in [-0.2, -0.15) is 4.31 Å². The average molecular weight is 283 g/mol. The second kappa shape index (κ2) is 5.51. The molecular weight excluding hydrogens is 262 g/mol. The summed E-state index contributed by atoms with van der Waals surface area (Å²) in [6.45, 7) is 4.46. The van der Waals surface area contributed by atoms with Crippen molar-refractivity contribution in [3.63, 3.8) is 0 Å². The summed E-state index contributed by atoms with van der Waals surface area (Å²) in [6, 6.07) is 5.12. The van der Waals surface area contributed by atoms with Crippen molar-refractivity contribution in [2.45, 2.75) is 44.0 Å². The Hall–Kier alpha value is -1.07. The van der Waals surface area contributed by atoms with Gasteiger partial charge in [0.15, 0.2) is 0 Å². The van der Waals surface area contributed by atoms with Crippen molar-refractivity contribution in [1.82, 2.24) is 4.31 Å². The average Bonchev–Trinajstić information content (AvgIpc) is 2.39. The highest BCUT2D eigenvalue weighted by atomic mass is 32.2. The van der Waals surface area contributed by atoms with E-state index < -0.39 is 10.0 Å². The van der Waals surface area contributed by atoms with Crippen molar-refractivity contribution >= 4 is 10.0 Å². The minimum Gasteiger partial charge on any atom is -0.496 e. The van der Waals surface area contributed by atoms with Gasteiger partial charge in [0, 0.05) is 12.6 Å². The Morgan fingerprint density at radius 1 is 1.32 bits per heavy atom. The quantitative estimate of drug-likeness (QED) is 0.856. The molecule has 0 unspecified atom stereocenters. The largest absolute Gasteiger partial charge is 0.496 e. The molecule has 1 atom stereocenters. The van der Waals surface area contributed by atoms with Crippen LogP contribution in [0.3, 0.4) is 0 Å². The molecule has 19 heavy (non-hydrogen) atoms. The number of rotatable bonds is 3. The highest BCUT2D eigenvalue weighted by molar-refractivity contribution is 7.89. The summed E-state index contributed by atoms with van der Waals surface area (Å²) < 4.78 is 32.1. The molecule has 0 saturated carbocycles. The third-order valence-corrected chi connectivity index (χ3v) is 5.72. The minimum atomic E-state index is -3.38. The summed E-state index contributed by atoms with van der Waals surface area (Å²) in [5, 5.41) is 0. The van der Waals surface area contributed by atoms with E-state index in [2.05, 4.69) is 0 Å². The van der Waals surface area contributed by atoms with Crippen molar-refractivity contribution in [3.05, 3.63) is 23.8 Å². The zero-order valence-corrected chi connectivity index (χ0v) is 12.5. The summed E-state index contributed by atoms with van der Waals surface area (Å²) in [5.41, 5.74) is 0.841. The Morgan fingerprint density at radius 2 is 2.05 bits per heavy atom. The molecule has 1 heterocycles. The fraction of sp³-hybridized carbons (Fsp3) is 0.571. The molecule has 0 bridgehead atoms. The molecule has 4 nitrogen and oxygen atoms in total. The molecule has 0 amide bonds. The number of aryl methyl sites for hydroxylation is 1. The molecule has 1 aliphatic heterocycles. The van der Waals surface area contributed by atoms with Crippen LogP contribution in [0.1, 0.15) is 31.7 Å². The van der Waals surface area contributed by atoms with Gasteiger partial charge in [-0.25, -0.2) is 8.42 Å². The Balaban J connectivity index is 2.36. The molecule has 5 heteroatoms. The number of hydrogen-bond donors (Lipinski definition) is 0. The predicted molar refractivity (Wildman–Crippen MR) is 74.9 cm³/mol. The molecule has 0 N–H and O–H groups in total. The first kappa shape index (κ1) is 14.3. The third-order valence-electron chi connectivity index (χ3n) is 3.71. The van der Waals surface area contributed by atoms with Crippen LogP contribution in [0, 0.1) is 6.92 Å². The Bertz CT molecular complexity index is 554. The molecule has 2 rings (SSSR count). The van der Waals surface area contributed by atoms with Crippen LogP contribution >= 0.6 is 0 Å². The van der Waals surface area contributed by atoms with E-state index in [1.807, 2.05) is 13.8 Å². The van der Waals surface area contributed by atoms with Gasteiger partial charge >= 0.3 is 0 Å². The number of benzene rings is 1. The summed E-state index contributed by atoms with van der Waals surface area (Å²) in [6.07, 6.45) is 2.99. The van der Waals surface area contributed by atoms with Crippen molar-refractivity contribution in [1.29, 1.82) is 0 Å². The summed E-state index contributed by atoms with van der Waals surface area (Å²) in [7, 11) is -1.79. The standard InChI is InChI=1S/C14H21NO3S/c1-11-10-13(7-8-14(11)18-3)19(16,17)15-9-5-4-6-12(15)2/h7-8,10,12H,4-6,9H2,1-3H3/t12-/m0/s1. The van der Waals surface area contributed by atoms with Gasteiger partial charge in [0.1, 0.15) is 5.75 Å². The van der Waals surface area contributed by atoms with Gasteiger partial charge in [-0.05, 0) is 50.5 Å². The maximum Gasteiger partial charge on any atom is 0.243 e. The second-order valence-corrected chi connectivity index (χ2v) is 6.98. The summed E-state index contributed by atoms with van der Waals surface area (Å²) >= 11 is 0. The number of piperidine rings is 1. The molecular formula is C14H21NO3S. The van der Waals surface area contributed by atoms with E-state index in [0.717, 1.165) is 24.8 Å². The van der Waals surface area contributed by atoms with Crippen LogP contribution in [0.4, 0.5) is 0 Å². The lowest BCUT2D eigenvalue weighted by molar-refractivity contribution is 0.268. The molecule has 0 radical (unpaired) electrons. The Labute approximate surface area is 115 Å². The van der Waals surface area contributed by atoms with Crippen molar-refractivity contribution in [2.24, 2.45) is 0 Å². The number of nitrogens with zero attached hydrogens (tertiary/aromatic N) is 1. The normalized spacial score (nSPS) is 21.3. The number of methoxy groups -OCH3 is 1. The minimum absolute atomic E-state index is 0.0844. The van der Waals surface area contributed by atoms with E-state index in [0.29, 0.717) is 17.2 Å². The van der Waals surface area contributed by atoms with Crippen molar-refractivity contribution < 1.29 is 13.2 Å². The van der Waals surface area contributed by atoms with Gasteiger partial charge in [-0.1, -0.05) is 6.42 Å². The van der Waals surface area contributed by atoms with Crippen LogP contribution in [0.15, 0.2) is 23.1 Å². The first-order chi connectivity index (χ1) is 8.96. The van der Waals surface area contributed by atoms with Gasteiger partial charge < -0.3 is 4.74 Å². The van der Waals surface area contributed by atoms with Gasteiger partial charge in [0.05, 0.1) is 12.0 Å². The van der Waals surface area contributed by atoms with Crippen LogP contribution in [-0.2, 0) is 10.0 Å². The molecule has 106 valence electrons. The van der Waals surface area contributed by atoms with E-state index in [1.165, 1.54) is 0 Å². The maximum absolute atomic E-state index is 12.6. The van der Waals surface area contributed by atoms with Gasteiger partial charge in [-0.3, -0.25) is 0 Å².